The molecule has 1 heterocycles. The second kappa shape index (κ2) is 10.1. The Bertz CT molecular complexity index is 708. The minimum absolute atomic E-state index is 0.0428. The third-order valence-electron chi connectivity index (χ3n) is 5.11. The van der Waals surface area contributed by atoms with E-state index in [0.717, 1.165) is 37.9 Å². The number of likely N-dealkylation sites (tertiary alicyclic amines) is 1. The van der Waals surface area contributed by atoms with E-state index < -0.39 is 0 Å². The lowest BCUT2D eigenvalue weighted by Crippen LogP contribution is -2.34. The summed E-state index contributed by atoms with van der Waals surface area (Å²) in [6.07, 6.45) is 5.72. The molecular formula is C21H29FN4O. The molecule has 0 aliphatic carbocycles. The van der Waals surface area contributed by atoms with Crippen LogP contribution in [0.15, 0.2) is 47.8 Å². The monoisotopic (exact) mass is 372 g/mol. The van der Waals surface area contributed by atoms with Gasteiger partial charge in [0.2, 0.25) is 0 Å². The van der Waals surface area contributed by atoms with Crippen LogP contribution >= 0.6 is 0 Å². The molecule has 1 fully saturated rings. The van der Waals surface area contributed by atoms with Gasteiger partial charge < -0.3 is 16.2 Å². The summed E-state index contributed by atoms with van der Waals surface area (Å²) >= 11 is 0. The molecule has 27 heavy (non-hydrogen) atoms. The molecule has 1 aromatic carbocycles. The van der Waals surface area contributed by atoms with E-state index in [9.17, 15) is 9.65 Å². The van der Waals surface area contributed by atoms with Gasteiger partial charge in [-0.2, -0.15) is 5.26 Å². The van der Waals surface area contributed by atoms with Crippen molar-refractivity contribution in [2.45, 2.75) is 26.2 Å². The Labute approximate surface area is 161 Å². The smallest absolute Gasteiger partial charge is 0.123 e. The van der Waals surface area contributed by atoms with Crippen LogP contribution < -0.4 is 11.5 Å². The summed E-state index contributed by atoms with van der Waals surface area (Å²) < 4.78 is 18.9. The Hall–Kier alpha value is -2.36. The average Bonchev–Trinajstić information content (AvgIpc) is 3.07. The number of nitriles is 1. The maximum atomic E-state index is 13.1. The predicted octanol–water partition coefficient (Wildman–Crippen LogP) is 2.70. The normalized spacial score (nSPS) is 21.4. The van der Waals surface area contributed by atoms with Crippen molar-refractivity contribution < 1.29 is 9.13 Å². The number of halogens is 1. The Kier molecular flexibility index (Phi) is 7.83. The van der Waals surface area contributed by atoms with Crippen molar-refractivity contribution in [1.29, 1.82) is 5.26 Å². The van der Waals surface area contributed by atoms with Gasteiger partial charge in [0.05, 0.1) is 12.2 Å². The molecule has 5 nitrogen and oxygen atoms in total. The lowest BCUT2D eigenvalue weighted by atomic mass is 9.82. The van der Waals surface area contributed by atoms with Crippen LogP contribution in [0.2, 0.25) is 0 Å². The molecule has 0 saturated carbocycles. The molecule has 1 saturated heterocycles. The molecule has 1 atom stereocenters. The maximum Gasteiger partial charge on any atom is 0.123 e. The van der Waals surface area contributed by atoms with Gasteiger partial charge in [0.15, 0.2) is 0 Å². The van der Waals surface area contributed by atoms with E-state index >= 15 is 0 Å². The van der Waals surface area contributed by atoms with E-state index in [-0.39, 0.29) is 11.2 Å². The van der Waals surface area contributed by atoms with Crippen molar-refractivity contribution >= 4 is 0 Å². The second-order valence-electron chi connectivity index (χ2n) is 7.13. The van der Waals surface area contributed by atoms with Crippen LogP contribution in [0, 0.1) is 22.6 Å². The fourth-order valence-electron chi connectivity index (χ4n) is 3.57. The molecule has 4 N–H and O–H groups in total. The number of benzene rings is 1. The van der Waals surface area contributed by atoms with Crippen LogP contribution in [0.4, 0.5) is 4.39 Å². The standard InChI is InChI=1S/C21H29FN4O/c1-2-27-16-21(9-7-17-3-5-19(22)6-4-17)10-12-26(15-21)14-20(25)18(13-24)8-11-23/h3-6,8,11H,2,7,9-10,12,14-16,23,25H2,1H3/b11-8-,20-18+. The predicted molar refractivity (Wildman–Crippen MR) is 105 cm³/mol. The highest BCUT2D eigenvalue weighted by atomic mass is 19.1. The van der Waals surface area contributed by atoms with E-state index in [1.165, 1.54) is 24.4 Å². The number of hydrogen-bond donors (Lipinski definition) is 2. The number of hydrogen-bond acceptors (Lipinski definition) is 5. The summed E-state index contributed by atoms with van der Waals surface area (Å²) in [4.78, 5) is 2.26. The van der Waals surface area contributed by atoms with Gasteiger partial charge in [-0.15, -0.1) is 0 Å². The van der Waals surface area contributed by atoms with E-state index in [4.69, 9.17) is 16.2 Å². The molecule has 1 unspecified atom stereocenters. The van der Waals surface area contributed by atoms with E-state index in [1.54, 1.807) is 0 Å². The summed E-state index contributed by atoms with van der Waals surface area (Å²) in [5.41, 5.74) is 13.6. The van der Waals surface area contributed by atoms with Crippen LogP contribution in [0.3, 0.4) is 0 Å². The van der Waals surface area contributed by atoms with E-state index in [1.807, 2.05) is 19.1 Å². The average molecular weight is 372 g/mol. The molecule has 146 valence electrons. The van der Waals surface area contributed by atoms with Crippen molar-refractivity contribution in [2.75, 3.05) is 32.8 Å². The number of rotatable bonds is 9. The summed E-state index contributed by atoms with van der Waals surface area (Å²) in [6.45, 7) is 5.68. The third-order valence-corrected chi connectivity index (χ3v) is 5.11. The van der Waals surface area contributed by atoms with Crippen molar-refractivity contribution in [3.63, 3.8) is 0 Å². The molecule has 0 radical (unpaired) electrons. The third kappa shape index (κ3) is 6.09. The Morgan fingerprint density at radius 3 is 2.78 bits per heavy atom. The number of allylic oxidation sites excluding steroid dienone is 2. The second-order valence-corrected chi connectivity index (χ2v) is 7.13. The Balaban J connectivity index is 2.04. The first kappa shape index (κ1) is 20.9. The molecule has 1 aliphatic heterocycles. The highest BCUT2D eigenvalue weighted by molar-refractivity contribution is 5.37. The first-order valence-electron chi connectivity index (χ1n) is 9.33. The zero-order chi connectivity index (χ0) is 19.7. The molecule has 0 bridgehead atoms. The van der Waals surface area contributed by atoms with Crippen LogP contribution in [0.25, 0.3) is 0 Å². The quantitative estimate of drug-likeness (QED) is 0.514. The number of nitrogens with two attached hydrogens (primary N) is 2. The lowest BCUT2D eigenvalue weighted by Gasteiger charge is -2.29. The van der Waals surface area contributed by atoms with Crippen LogP contribution in [0.1, 0.15) is 25.3 Å². The highest BCUT2D eigenvalue weighted by Gasteiger charge is 2.38. The number of aryl methyl sites for hydroxylation is 1. The van der Waals surface area contributed by atoms with Crippen LogP contribution in [-0.4, -0.2) is 37.7 Å². The Morgan fingerprint density at radius 2 is 2.15 bits per heavy atom. The highest BCUT2D eigenvalue weighted by Crippen LogP contribution is 2.36. The molecule has 1 aliphatic rings. The number of ether oxygens (including phenoxy) is 1. The summed E-state index contributed by atoms with van der Waals surface area (Å²) in [5.74, 6) is -0.211. The van der Waals surface area contributed by atoms with Gasteiger partial charge in [-0.05, 0) is 62.7 Å². The summed E-state index contributed by atoms with van der Waals surface area (Å²) in [7, 11) is 0. The van der Waals surface area contributed by atoms with Crippen LogP contribution in [0.5, 0.6) is 0 Å². The van der Waals surface area contributed by atoms with Gasteiger partial charge in [-0.25, -0.2) is 4.39 Å². The molecule has 0 aromatic heterocycles. The SMILES string of the molecule is CCOCC1(CCc2ccc(F)cc2)CCN(C/C(N)=C(C#N)/C=C\N)C1. The van der Waals surface area contributed by atoms with Crippen molar-refractivity contribution in [3.05, 3.63) is 59.2 Å². The molecular weight excluding hydrogens is 343 g/mol. The molecule has 6 heteroatoms. The van der Waals surface area contributed by atoms with E-state index in [2.05, 4.69) is 11.0 Å². The van der Waals surface area contributed by atoms with Crippen LogP contribution in [-0.2, 0) is 11.2 Å². The molecule has 0 spiro atoms. The van der Waals surface area contributed by atoms with Gasteiger partial charge in [0.25, 0.3) is 0 Å². The zero-order valence-electron chi connectivity index (χ0n) is 16.0. The molecule has 1 aromatic rings. The fraction of sp³-hybridized carbons (Fsp3) is 0.476. The van der Waals surface area contributed by atoms with Gasteiger partial charge in [-0.3, -0.25) is 4.90 Å². The van der Waals surface area contributed by atoms with Gasteiger partial charge in [-0.1, -0.05) is 12.1 Å². The first-order valence-corrected chi connectivity index (χ1v) is 9.33. The number of nitrogens with zero attached hydrogens (tertiary/aromatic N) is 2. The first-order chi connectivity index (χ1) is 13.0. The van der Waals surface area contributed by atoms with Crippen molar-refractivity contribution in [3.8, 4) is 6.07 Å². The summed E-state index contributed by atoms with van der Waals surface area (Å²) in [5, 5.41) is 9.19. The largest absolute Gasteiger partial charge is 0.405 e. The van der Waals surface area contributed by atoms with Gasteiger partial charge >= 0.3 is 0 Å². The zero-order valence-corrected chi connectivity index (χ0v) is 16.0. The maximum absolute atomic E-state index is 13.1. The van der Waals surface area contributed by atoms with Gasteiger partial charge in [0, 0.05) is 30.8 Å². The minimum Gasteiger partial charge on any atom is -0.405 e. The molecule has 2 rings (SSSR count). The molecule has 0 amide bonds. The summed E-state index contributed by atoms with van der Waals surface area (Å²) in [6, 6.07) is 8.78. The Morgan fingerprint density at radius 1 is 1.41 bits per heavy atom. The topological polar surface area (TPSA) is 88.3 Å². The van der Waals surface area contributed by atoms with Gasteiger partial charge in [0.1, 0.15) is 11.9 Å². The fourth-order valence-corrected chi connectivity index (χ4v) is 3.57. The van der Waals surface area contributed by atoms with Crippen molar-refractivity contribution in [1.82, 2.24) is 4.90 Å². The minimum atomic E-state index is -0.211. The van der Waals surface area contributed by atoms with E-state index in [0.29, 0.717) is 31.0 Å². The van der Waals surface area contributed by atoms with Crippen molar-refractivity contribution in [2.24, 2.45) is 16.9 Å². The lowest BCUT2D eigenvalue weighted by molar-refractivity contribution is 0.0500.